The van der Waals surface area contributed by atoms with E-state index in [4.69, 9.17) is 4.74 Å². The Morgan fingerprint density at radius 1 is 1.24 bits per heavy atom. The van der Waals surface area contributed by atoms with Crippen molar-refractivity contribution in [3.05, 3.63) is 48.3 Å². The summed E-state index contributed by atoms with van der Waals surface area (Å²) >= 11 is 1.59. The van der Waals surface area contributed by atoms with E-state index < -0.39 is 0 Å². The lowest BCUT2D eigenvalue weighted by atomic mass is 10.2. The van der Waals surface area contributed by atoms with Crippen LogP contribution in [0, 0.1) is 0 Å². The maximum atomic E-state index is 12.2. The summed E-state index contributed by atoms with van der Waals surface area (Å²) < 4.78 is 5.32. The van der Waals surface area contributed by atoms with Crippen molar-refractivity contribution in [2.24, 2.45) is 0 Å². The molecule has 0 aliphatic rings. The van der Waals surface area contributed by atoms with E-state index in [0.29, 0.717) is 28.4 Å². The molecule has 2 N–H and O–H groups in total. The summed E-state index contributed by atoms with van der Waals surface area (Å²) in [6.45, 7) is 2.08. The lowest BCUT2D eigenvalue weighted by Crippen LogP contribution is -2.15. The van der Waals surface area contributed by atoms with E-state index in [1.54, 1.807) is 48.3 Å². The number of nitrogens with one attached hydrogen (secondary N) is 2. The van der Waals surface area contributed by atoms with Crippen molar-refractivity contribution in [2.75, 3.05) is 29.2 Å². The molecule has 2 aromatic rings. The second-order valence-electron chi connectivity index (χ2n) is 5.21. The number of hydrogen-bond donors (Lipinski definition) is 2. The number of thioether (sulfide) groups is 1. The first-order valence-electron chi connectivity index (χ1n) is 7.91. The molecule has 0 aliphatic heterocycles. The van der Waals surface area contributed by atoms with Crippen LogP contribution in [0.15, 0.2) is 42.7 Å². The van der Waals surface area contributed by atoms with E-state index in [1.807, 2.05) is 0 Å². The maximum Gasteiger partial charge on any atom is 0.257 e. The van der Waals surface area contributed by atoms with Crippen LogP contribution in [0.25, 0.3) is 0 Å². The van der Waals surface area contributed by atoms with E-state index in [9.17, 15) is 9.59 Å². The van der Waals surface area contributed by atoms with Crippen LogP contribution in [0.5, 0.6) is 5.75 Å². The number of aromatic nitrogens is 1. The van der Waals surface area contributed by atoms with Gasteiger partial charge in [-0.2, -0.15) is 11.8 Å². The highest BCUT2D eigenvalue weighted by atomic mass is 32.2. The molecular formula is C18H21N3O3S. The van der Waals surface area contributed by atoms with E-state index in [2.05, 4.69) is 22.5 Å². The van der Waals surface area contributed by atoms with Gasteiger partial charge in [-0.3, -0.25) is 14.6 Å². The van der Waals surface area contributed by atoms with Gasteiger partial charge < -0.3 is 15.4 Å². The smallest absolute Gasteiger partial charge is 0.257 e. The predicted molar refractivity (Wildman–Crippen MR) is 101 cm³/mol. The van der Waals surface area contributed by atoms with Crippen molar-refractivity contribution < 1.29 is 14.3 Å². The third-order valence-electron chi connectivity index (χ3n) is 3.24. The SMILES string of the molecule is CCCSCC(=O)Nc1ccc(NC(=O)c2cccnc2)c(OC)c1. The fourth-order valence-electron chi connectivity index (χ4n) is 2.07. The summed E-state index contributed by atoms with van der Waals surface area (Å²) in [4.78, 5) is 28.0. The normalized spacial score (nSPS) is 10.2. The van der Waals surface area contributed by atoms with Gasteiger partial charge in [-0.25, -0.2) is 0 Å². The average Bonchev–Trinajstić information content (AvgIpc) is 2.63. The standard InChI is InChI=1S/C18H21N3O3S/c1-3-9-25-12-17(22)20-14-6-7-15(16(10-14)24-2)21-18(23)13-5-4-8-19-11-13/h4-8,10-11H,3,9,12H2,1-2H3,(H,20,22)(H,21,23). The summed E-state index contributed by atoms with van der Waals surface area (Å²) in [5, 5.41) is 5.60. The molecule has 0 radical (unpaired) electrons. The summed E-state index contributed by atoms with van der Waals surface area (Å²) in [6.07, 6.45) is 4.13. The Bertz CT molecular complexity index is 723. The number of amides is 2. The molecule has 0 saturated carbocycles. The second-order valence-corrected chi connectivity index (χ2v) is 6.32. The number of nitrogens with zero attached hydrogens (tertiary/aromatic N) is 1. The molecule has 1 aromatic carbocycles. The Morgan fingerprint density at radius 3 is 2.76 bits per heavy atom. The maximum absolute atomic E-state index is 12.2. The zero-order chi connectivity index (χ0) is 18.1. The van der Waals surface area contributed by atoms with Gasteiger partial charge in [-0.15, -0.1) is 0 Å². The van der Waals surface area contributed by atoms with E-state index >= 15 is 0 Å². The third kappa shape index (κ3) is 5.79. The van der Waals surface area contributed by atoms with Crippen LogP contribution in [0.1, 0.15) is 23.7 Å². The third-order valence-corrected chi connectivity index (χ3v) is 4.40. The molecule has 0 spiro atoms. The quantitative estimate of drug-likeness (QED) is 0.706. The van der Waals surface area contributed by atoms with Gasteiger partial charge in [0, 0.05) is 24.1 Å². The zero-order valence-electron chi connectivity index (χ0n) is 14.2. The number of rotatable bonds is 8. The molecule has 0 unspecified atom stereocenters. The monoisotopic (exact) mass is 359 g/mol. The largest absolute Gasteiger partial charge is 0.494 e. The minimum Gasteiger partial charge on any atom is -0.494 e. The van der Waals surface area contributed by atoms with Gasteiger partial charge in [0.25, 0.3) is 5.91 Å². The Kier molecular flexibility index (Phi) is 7.28. The second kappa shape index (κ2) is 9.68. The number of benzene rings is 1. The Morgan fingerprint density at radius 2 is 2.08 bits per heavy atom. The fourth-order valence-corrected chi connectivity index (χ4v) is 2.76. The van der Waals surface area contributed by atoms with Crippen LogP contribution in [-0.2, 0) is 4.79 Å². The molecule has 7 heteroatoms. The molecule has 0 saturated heterocycles. The van der Waals surface area contributed by atoms with Gasteiger partial charge in [0.2, 0.25) is 5.91 Å². The van der Waals surface area contributed by atoms with Crippen molar-refractivity contribution in [1.29, 1.82) is 0 Å². The van der Waals surface area contributed by atoms with Gasteiger partial charge in [-0.1, -0.05) is 6.92 Å². The molecule has 132 valence electrons. The van der Waals surface area contributed by atoms with Crippen molar-refractivity contribution >= 4 is 35.0 Å². The first kappa shape index (κ1) is 18.8. The molecule has 2 amide bonds. The fraction of sp³-hybridized carbons (Fsp3) is 0.278. The highest BCUT2D eigenvalue weighted by Crippen LogP contribution is 2.28. The van der Waals surface area contributed by atoms with Crippen molar-refractivity contribution in [2.45, 2.75) is 13.3 Å². The first-order chi connectivity index (χ1) is 12.1. The first-order valence-corrected chi connectivity index (χ1v) is 9.06. The molecule has 1 heterocycles. The number of hydrogen-bond acceptors (Lipinski definition) is 5. The Balaban J connectivity index is 2.03. The van der Waals surface area contributed by atoms with Crippen LogP contribution in [0.2, 0.25) is 0 Å². The lowest BCUT2D eigenvalue weighted by Gasteiger charge is -2.12. The van der Waals surface area contributed by atoms with Gasteiger partial charge in [0.05, 0.1) is 24.1 Å². The number of ether oxygens (including phenoxy) is 1. The van der Waals surface area contributed by atoms with E-state index in [0.717, 1.165) is 12.2 Å². The Labute approximate surface area is 151 Å². The van der Waals surface area contributed by atoms with Crippen molar-refractivity contribution in [3.63, 3.8) is 0 Å². The molecular weight excluding hydrogens is 338 g/mol. The number of pyridine rings is 1. The highest BCUT2D eigenvalue weighted by Gasteiger charge is 2.11. The van der Waals surface area contributed by atoms with E-state index in [-0.39, 0.29) is 11.8 Å². The van der Waals surface area contributed by atoms with E-state index in [1.165, 1.54) is 13.3 Å². The number of methoxy groups -OCH3 is 1. The summed E-state index contributed by atoms with van der Waals surface area (Å²) in [5.74, 6) is 1.49. The van der Waals surface area contributed by atoms with Crippen molar-refractivity contribution in [1.82, 2.24) is 4.98 Å². The average molecular weight is 359 g/mol. The van der Waals surface area contributed by atoms with Gasteiger partial charge in [0.1, 0.15) is 5.75 Å². The molecule has 6 nitrogen and oxygen atoms in total. The summed E-state index contributed by atoms with van der Waals surface area (Å²) in [7, 11) is 1.51. The van der Waals surface area contributed by atoms with Crippen LogP contribution in [-0.4, -0.2) is 35.4 Å². The van der Waals surface area contributed by atoms with Gasteiger partial charge in [0.15, 0.2) is 0 Å². The number of carbonyl (C=O) groups excluding carboxylic acids is 2. The topological polar surface area (TPSA) is 80.3 Å². The molecule has 0 atom stereocenters. The molecule has 1 aromatic heterocycles. The lowest BCUT2D eigenvalue weighted by molar-refractivity contribution is -0.113. The molecule has 0 aliphatic carbocycles. The van der Waals surface area contributed by atoms with Crippen molar-refractivity contribution in [3.8, 4) is 5.75 Å². The molecule has 25 heavy (non-hydrogen) atoms. The predicted octanol–water partition coefficient (Wildman–Crippen LogP) is 3.42. The number of carbonyl (C=O) groups is 2. The minimum atomic E-state index is -0.279. The molecule has 0 bridgehead atoms. The van der Waals surface area contributed by atoms with Crippen LogP contribution >= 0.6 is 11.8 Å². The highest BCUT2D eigenvalue weighted by molar-refractivity contribution is 7.99. The molecule has 2 rings (SSSR count). The van der Waals surface area contributed by atoms with Crippen LogP contribution < -0.4 is 15.4 Å². The summed E-state index contributed by atoms with van der Waals surface area (Å²) in [6, 6.07) is 8.48. The number of anilines is 2. The zero-order valence-corrected chi connectivity index (χ0v) is 15.1. The summed E-state index contributed by atoms with van der Waals surface area (Å²) in [5.41, 5.74) is 1.60. The Hall–Kier alpha value is -2.54. The molecule has 0 fully saturated rings. The van der Waals surface area contributed by atoms with Gasteiger partial charge >= 0.3 is 0 Å². The van der Waals surface area contributed by atoms with Gasteiger partial charge in [-0.05, 0) is 36.4 Å². The van der Waals surface area contributed by atoms with Crippen LogP contribution in [0.3, 0.4) is 0 Å². The minimum absolute atomic E-state index is 0.0624. The van der Waals surface area contributed by atoms with Crippen LogP contribution in [0.4, 0.5) is 11.4 Å².